The molecule has 0 saturated carbocycles. The van der Waals surface area contributed by atoms with E-state index in [0.29, 0.717) is 12.1 Å². The third-order valence-electron chi connectivity index (χ3n) is 4.71. The van der Waals surface area contributed by atoms with Crippen LogP contribution in [0, 0.1) is 6.92 Å². The Balaban J connectivity index is 1.86. The summed E-state index contributed by atoms with van der Waals surface area (Å²) in [5.41, 5.74) is 0.446. The molecule has 2 aromatic rings. The topological polar surface area (TPSA) is 88.8 Å². The fourth-order valence-electron chi connectivity index (χ4n) is 3.38. The molecule has 1 aromatic heterocycles. The molecule has 2 heterocycles. The van der Waals surface area contributed by atoms with Gasteiger partial charge in [-0.2, -0.15) is 0 Å². The van der Waals surface area contributed by atoms with Gasteiger partial charge in [0.1, 0.15) is 11.5 Å². The maximum atomic E-state index is 13.1. The van der Waals surface area contributed by atoms with Crippen LogP contribution in [0.5, 0.6) is 0 Å². The SMILES string of the molecule is CONS(=O)(=O)c1ccc(C(=O)N2CCCCC[C@H]2c2ccc(C)o2)cc1. The molecule has 27 heavy (non-hydrogen) atoms. The molecule has 0 bridgehead atoms. The highest BCUT2D eigenvalue weighted by Crippen LogP contribution is 2.32. The summed E-state index contributed by atoms with van der Waals surface area (Å²) in [4.78, 5) is 21.4. The van der Waals surface area contributed by atoms with Crippen LogP contribution >= 0.6 is 0 Å². The zero-order chi connectivity index (χ0) is 19.4. The first kappa shape index (κ1) is 19.6. The monoisotopic (exact) mass is 392 g/mol. The second-order valence-electron chi connectivity index (χ2n) is 6.63. The number of hydrogen-bond acceptors (Lipinski definition) is 5. The summed E-state index contributed by atoms with van der Waals surface area (Å²) in [6.45, 7) is 2.54. The first-order valence-corrected chi connectivity index (χ1v) is 10.4. The van der Waals surface area contributed by atoms with Gasteiger partial charge in [0.2, 0.25) is 0 Å². The van der Waals surface area contributed by atoms with Crippen LogP contribution in [0.3, 0.4) is 0 Å². The molecule has 1 aliphatic heterocycles. The lowest BCUT2D eigenvalue weighted by Gasteiger charge is -2.29. The first-order chi connectivity index (χ1) is 12.9. The lowest BCUT2D eigenvalue weighted by atomic mass is 10.1. The highest BCUT2D eigenvalue weighted by atomic mass is 32.2. The van der Waals surface area contributed by atoms with Crippen LogP contribution in [0.15, 0.2) is 45.7 Å². The van der Waals surface area contributed by atoms with E-state index in [9.17, 15) is 13.2 Å². The van der Waals surface area contributed by atoms with E-state index < -0.39 is 10.0 Å². The summed E-state index contributed by atoms with van der Waals surface area (Å²) in [5, 5.41) is 0. The molecular weight excluding hydrogens is 368 g/mol. The summed E-state index contributed by atoms with van der Waals surface area (Å²) in [7, 11) is -2.52. The smallest absolute Gasteiger partial charge is 0.262 e. The zero-order valence-corrected chi connectivity index (χ0v) is 16.3. The number of rotatable bonds is 5. The van der Waals surface area contributed by atoms with Crippen molar-refractivity contribution in [1.29, 1.82) is 0 Å². The lowest BCUT2D eigenvalue weighted by molar-refractivity contribution is 0.0657. The van der Waals surface area contributed by atoms with Crippen molar-refractivity contribution in [2.75, 3.05) is 13.7 Å². The van der Waals surface area contributed by atoms with Gasteiger partial charge in [-0.3, -0.25) is 9.63 Å². The van der Waals surface area contributed by atoms with Crippen molar-refractivity contribution in [3.63, 3.8) is 0 Å². The Morgan fingerprint density at radius 1 is 1.15 bits per heavy atom. The predicted octanol–water partition coefficient (Wildman–Crippen LogP) is 3.19. The van der Waals surface area contributed by atoms with Crippen molar-refractivity contribution in [3.8, 4) is 0 Å². The number of likely N-dealkylation sites (tertiary alicyclic amines) is 1. The number of benzene rings is 1. The van der Waals surface area contributed by atoms with E-state index in [1.807, 2.05) is 28.8 Å². The highest BCUT2D eigenvalue weighted by Gasteiger charge is 2.29. The zero-order valence-electron chi connectivity index (χ0n) is 15.5. The Hall–Kier alpha value is -2.16. The van der Waals surface area contributed by atoms with Gasteiger partial charge in [-0.05, 0) is 56.2 Å². The minimum Gasteiger partial charge on any atom is -0.464 e. The third kappa shape index (κ3) is 4.40. The molecule has 0 radical (unpaired) electrons. The van der Waals surface area contributed by atoms with Gasteiger partial charge in [-0.15, -0.1) is 0 Å². The molecule has 7 nitrogen and oxygen atoms in total. The molecule has 146 valence electrons. The number of carbonyl (C=O) groups excluding carboxylic acids is 1. The first-order valence-electron chi connectivity index (χ1n) is 8.94. The van der Waals surface area contributed by atoms with Crippen molar-refractivity contribution in [2.24, 2.45) is 0 Å². The maximum absolute atomic E-state index is 13.1. The molecule has 8 heteroatoms. The van der Waals surface area contributed by atoms with Crippen LogP contribution in [-0.4, -0.2) is 32.9 Å². The van der Waals surface area contributed by atoms with Gasteiger partial charge < -0.3 is 9.32 Å². The number of nitrogens with zero attached hydrogens (tertiary/aromatic N) is 1. The fraction of sp³-hybridized carbons (Fsp3) is 0.421. The van der Waals surface area contributed by atoms with Crippen molar-refractivity contribution in [2.45, 2.75) is 43.5 Å². The van der Waals surface area contributed by atoms with Crippen molar-refractivity contribution >= 4 is 15.9 Å². The molecule has 1 N–H and O–H groups in total. The second kappa shape index (κ2) is 8.24. The Bertz CT molecular complexity index is 889. The van der Waals surface area contributed by atoms with Crippen LogP contribution in [0.1, 0.15) is 53.6 Å². The number of carbonyl (C=O) groups is 1. The van der Waals surface area contributed by atoms with Gasteiger partial charge in [0.25, 0.3) is 15.9 Å². The Labute approximate surface area is 159 Å². The Morgan fingerprint density at radius 3 is 2.52 bits per heavy atom. The minimum absolute atomic E-state index is 0.0370. The minimum atomic E-state index is -3.75. The molecule has 1 aromatic carbocycles. The van der Waals surface area contributed by atoms with Gasteiger partial charge in [0, 0.05) is 12.1 Å². The molecule has 3 rings (SSSR count). The molecule has 1 saturated heterocycles. The lowest BCUT2D eigenvalue weighted by Crippen LogP contribution is -2.34. The molecule has 0 unspecified atom stereocenters. The number of amides is 1. The van der Waals surface area contributed by atoms with E-state index in [2.05, 4.69) is 4.84 Å². The second-order valence-corrected chi connectivity index (χ2v) is 8.27. The van der Waals surface area contributed by atoms with Crippen LogP contribution in [0.25, 0.3) is 0 Å². The van der Waals surface area contributed by atoms with E-state index in [1.165, 1.54) is 31.4 Å². The Morgan fingerprint density at radius 2 is 1.89 bits per heavy atom. The van der Waals surface area contributed by atoms with Gasteiger partial charge in [-0.1, -0.05) is 17.7 Å². The Kier molecular flexibility index (Phi) is 5.98. The van der Waals surface area contributed by atoms with Gasteiger partial charge in [-0.25, -0.2) is 8.42 Å². The number of sulfonamides is 1. The molecule has 1 fully saturated rings. The van der Waals surface area contributed by atoms with E-state index >= 15 is 0 Å². The third-order valence-corrected chi connectivity index (χ3v) is 5.99. The van der Waals surface area contributed by atoms with Gasteiger partial charge >= 0.3 is 0 Å². The van der Waals surface area contributed by atoms with Crippen LogP contribution in [0.2, 0.25) is 0 Å². The largest absolute Gasteiger partial charge is 0.464 e. The number of nitrogens with one attached hydrogen (secondary N) is 1. The van der Waals surface area contributed by atoms with E-state index in [4.69, 9.17) is 4.42 Å². The highest BCUT2D eigenvalue weighted by molar-refractivity contribution is 7.89. The van der Waals surface area contributed by atoms with Crippen molar-refractivity contribution < 1.29 is 22.5 Å². The maximum Gasteiger partial charge on any atom is 0.262 e. The molecule has 0 spiro atoms. The van der Waals surface area contributed by atoms with Crippen LogP contribution in [0.4, 0.5) is 0 Å². The molecule has 1 atom stereocenters. The molecule has 0 aliphatic carbocycles. The predicted molar refractivity (Wildman–Crippen MR) is 99.5 cm³/mol. The summed E-state index contributed by atoms with van der Waals surface area (Å²) < 4.78 is 29.7. The molecule has 1 aliphatic rings. The summed E-state index contributed by atoms with van der Waals surface area (Å²) in [5.74, 6) is 1.49. The summed E-state index contributed by atoms with van der Waals surface area (Å²) in [6.07, 6.45) is 3.89. The number of hydrogen-bond donors (Lipinski definition) is 1. The quantitative estimate of drug-likeness (QED) is 0.790. The average Bonchev–Trinajstić information content (AvgIpc) is 2.93. The average molecular weight is 392 g/mol. The van der Waals surface area contributed by atoms with Crippen LogP contribution in [-0.2, 0) is 14.9 Å². The fourth-order valence-corrected chi connectivity index (χ4v) is 4.19. The number of furan rings is 1. The molecular formula is C19H24N2O5S. The van der Waals surface area contributed by atoms with E-state index in [-0.39, 0.29) is 16.8 Å². The standard InChI is InChI=1S/C19H24N2O5S/c1-14-7-12-18(26-14)17-6-4-3-5-13-21(17)19(22)15-8-10-16(11-9-15)27(23,24)20-25-2/h7-12,17,20H,3-6,13H2,1-2H3/t17-/m0/s1. The van der Waals surface area contributed by atoms with Gasteiger partial charge in [0.15, 0.2) is 0 Å². The van der Waals surface area contributed by atoms with E-state index in [0.717, 1.165) is 37.2 Å². The number of aryl methyl sites for hydroxylation is 1. The van der Waals surface area contributed by atoms with Crippen molar-refractivity contribution in [3.05, 3.63) is 53.5 Å². The normalized spacial score (nSPS) is 18.3. The summed E-state index contributed by atoms with van der Waals surface area (Å²) >= 11 is 0. The van der Waals surface area contributed by atoms with Crippen molar-refractivity contribution in [1.82, 2.24) is 9.79 Å². The van der Waals surface area contributed by atoms with Crippen LogP contribution < -0.4 is 4.89 Å². The van der Waals surface area contributed by atoms with E-state index in [1.54, 1.807) is 0 Å². The molecule has 1 amide bonds. The van der Waals surface area contributed by atoms with Gasteiger partial charge in [0.05, 0.1) is 18.0 Å². The summed E-state index contributed by atoms with van der Waals surface area (Å²) in [6, 6.07) is 9.59.